The van der Waals surface area contributed by atoms with Crippen molar-refractivity contribution in [2.45, 2.75) is 35.1 Å². The number of likely N-dealkylation sites (N-methyl/N-ethyl adjacent to an activating group) is 1. The predicted octanol–water partition coefficient (Wildman–Crippen LogP) is 1.07. The van der Waals surface area contributed by atoms with Crippen molar-refractivity contribution in [3.8, 4) is 0 Å². The van der Waals surface area contributed by atoms with Gasteiger partial charge in [-0.1, -0.05) is 36.4 Å². The van der Waals surface area contributed by atoms with Crippen molar-refractivity contribution in [1.82, 2.24) is 9.62 Å². The Balaban J connectivity index is 0.00000280. The second kappa shape index (κ2) is 10.1. The molecule has 0 spiro atoms. The molecule has 3 rings (SSSR count). The topological polar surface area (TPSA) is 99.1 Å². The van der Waals surface area contributed by atoms with Crippen molar-refractivity contribution in [3.05, 3.63) is 53.4 Å². The summed E-state index contributed by atoms with van der Waals surface area (Å²) >= 11 is 1.14. The van der Waals surface area contributed by atoms with E-state index in [-0.39, 0.29) is 29.8 Å². The van der Waals surface area contributed by atoms with E-state index in [4.69, 9.17) is 4.74 Å². The first kappa shape index (κ1) is 23.2. The van der Waals surface area contributed by atoms with Crippen LogP contribution in [-0.4, -0.2) is 68.1 Å². The van der Waals surface area contributed by atoms with Gasteiger partial charge in [-0.3, -0.25) is 4.90 Å². The second-order valence-corrected chi connectivity index (χ2v) is 9.50. The van der Waals surface area contributed by atoms with Gasteiger partial charge in [-0.2, -0.15) is 0 Å². The Morgan fingerprint density at radius 1 is 1.18 bits per heavy atom. The minimum atomic E-state index is -3.63. The fourth-order valence-electron chi connectivity index (χ4n) is 3.35. The number of benzene rings is 1. The molecule has 1 aliphatic rings. The van der Waals surface area contributed by atoms with E-state index in [1.165, 1.54) is 6.07 Å². The fraction of sp³-hybridized carbons (Fsp3) is 0.444. The zero-order valence-corrected chi connectivity index (χ0v) is 17.8. The molecule has 28 heavy (non-hydrogen) atoms. The van der Waals surface area contributed by atoms with Crippen LogP contribution in [0.15, 0.2) is 52.1 Å². The largest absolute Gasteiger partial charge is 0.394 e. The number of aliphatic hydroxyl groups excluding tert-OH is 2. The van der Waals surface area contributed by atoms with Crippen LogP contribution in [-0.2, 0) is 21.3 Å². The predicted molar refractivity (Wildman–Crippen MR) is 110 cm³/mol. The van der Waals surface area contributed by atoms with Gasteiger partial charge in [0.15, 0.2) is 0 Å². The maximum Gasteiger partial charge on any atom is 0.250 e. The average molecular weight is 449 g/mol. The first-order chi connectivity index (χ1) is 12.9. The summed E-state index contributed by atoms with van der Waals surface area (Å²) in [7, 11) is -1.78. The molecule has 0 unspecified atom stereocenters. The van der Waals surface area contributed by atoms with Crippen molar-refractivity contribution >= 4 is 33.8 Å². The second-order valence-electron chi connectivity index (χ2n) is 6.56. The molecule has 1 aromatic carbocycles. The summed E-state index contributed by atoms with van der Waals surface area (Å²) in [4.78, 5) is 1.93. The number of hydrogen-bond donors (Lipinski definition) is 3. The first-order valence-corrected chi connectivity index (χ1v) is 11.0. The molecule has 1 fully saturated rings. The van der Waals surface area contributed by atoms with Gasteiger partial charge in [0.1, 0.15) is 16.4 Å². The number of halogens is 1. The van der Waals surface area contributed by atoms with Crippen LogP contribution in [0.4, 0.5) is 0 Å². The highest BCUT2D eigenvalue weighted by atomic mass is 35.5. The summed E-state index contributed by atoms with van der Waals surface area (Å²) in [5.41, 5.74) is 1.07. The van der Waals surface area contributed by atoms with Gasteiger partial charge in [0, 0.05) is 13.1 Å². The van der Waals surface area contributed by atoms with Gasteiger partial charge in [-0.05, 0) is 24.1 Å². The third-order valence-electron chi connectivity index (χ3n) is 4.66. The molecule has 1 aromatic heterocycles. The molecule has 4 atom stereocenters. The van der Waals surface area contributed by atoms with E-state index < -0.39 is 34.4 Å². The summed E-state index contributed by atoms with van der Waals surface area (Å²) in [5, 5.41) is 21.8. The lowest BCUT2D eigenvalue weighted by Crippen LogP contribution is -2.49. The number of thiophene rings is 1. The normalized spacial score (nSPS) is 25.0. The smallest absolute Gasteiger partial charge is 0.250 e. The molecule has 0 aliphatic carbocycles. The van der Waals surface area contributed by atoms with E-state index in [0.717, 1.165) is 16.9 Å². The number of aliphatic hydroxyl groups is 2. The Kier molecular flexibility index (Phi) is 8.41. The van der Waals surface area contributed by atoms with Gasteiger partial charge in [-0.15, -0.1) is 23.7 Å². The highest BCUT2D eigenvalue weighted by Gasteiger charge is 2.45. The minimum Gasteiger partial charge on any atom is -0.394 e. The Morgan fingerprint density at radius 3 is 2.50 bits per heavy atom. The molecule has 1 aliphatic heterocycles. The fourth-order valence-corrected chi connectivity index (χ4v) is 5.43. The maximum absolute atomic E-state index is 12.4. The van der Waals surface area contributed by atoms with Crippen LogP contribution in [0.2, 0.25) is 0 Å². The zero-order valence-electron chi connectivity index (χ0n) is 15.3. The molecular formula is C18H25ClN2O5S2. The van der Waals surface area contributed by atoms with Gasteiger partial charge in [0.2, 0.25) is 10.0 Å². The van der Waals surface area contributed by atoms with Crippen LogP contribution < -0.4 is 4.72 Å². The maximum atomic E-state index is 12.4. The Labute approximate surface area is 175 Å². The van der Waals surface area contributed by atoms with Crippen LogP contribution in [0.25, 0.3) is 0 Å². The molecule has 1 saturated heterocycles. The molecule has 0 amide bonds. The summed E-state index contributed by atoms with van der Waals surface area (Å²) in [6, 6.07) is 12.5. The highest BCUT2D eigenvalue weighted by molar-refractivity contribution is 7.91. The SMILES string of the molecule is CN(Cc1ccccc1)[C@@H]1[C@H](O)[C@H](CO)O[C@@H]1CNS(=O)(=O)c1cccs1.Cl. The monoisotopic (exact) mass is 448 g/mol. The molecule has 0 saturated carbocycles. The Morgan fingerprint density at radius 2 is 1.89 bits per heavy atom. The summed E-state index contributed by atoms with van der Waals surface area (Å²) in [6.45, 7) is 0.251. The zero-order chi connectivity index (χ0) is 19.4. The third kappa shape index (κ3) is 5.31. The van der Waals surface area contributed by atoms with Crippen LogP contribution in [0, 0.1) is 0 Å². The van der Waals surface area contributed by atoms with Gasteiger partial charge < -0.3 is 14.9 Å². The standard InChI is InChI=1S/C18H24N2O5S2.ClH/c1-20(11-13-6-3-2-4-7-13)17-14(25-15(12-21)18(17)22)10-19-27(23,24)16-8-5-9-26-16;/h2-9,14-15,17-19,21-22H,10-12H2,1H3;1H/t14-,15+,17+,18-;/m1./s1. The number of ether oxygens (including phenoxy) is 1. The number of hydrogen-bond acceptors (Lipinski definition) is 7. The molecule has 10 heteroatoms. The van der Waals surface area contributed by atoms with Crippen molar-refractivity contribution < 1.29 is 23.4 Å². The van der Waals surface area contributed by atoms with Crippen LogP contribution >= 0.6 is 23.7 Å². The van der Waals surface area contributed by atoms with Gasteiger partial charge in [-0.25, -0.2) is 13.1 Å². The highest BCUT2D eigenvalue weighted by Crippen LogP contribution is 2.26. The van der Waals surface area contributed by atoms with E-state index in [2.05, 4.69) is 4.72 Å². The van der Waals surface area contributed by atoms with E-state index >= 15 is 0 Å². The Hall–Kier alpha value is -1.04. The van der Waals surface area contributed by atoms with E-state index in [0.29, 0.717) is 6.54 Å². The van der Waals surface area contributed by atoms with Gasteiger partial charge in [0.25, 0.3) is 0 Å². The first-order valence-electron chi connectivity index (χ1n) is 8.64. The van der Waals surface area contributed by atoms with E-state index in [9.17, 15) is 18.6 Å². The molecule has 7 nitrogen and oxygen atoms in total. The number of sulfonamides is 1. The van der Waals surface area contributed by atoms with Gasteiger partial charge in [0.05, 0.1) is 18.8 Å². The summed E-state index contributed by atoms with van der Waals surface area (Å²) < 4.78 is 33.3. The molecule has 3 N–H and O–H groups in total. The van der Waals surface area contributed by atoms with Crippen molar-refractivity contribution in [1.29, 1.82) is 0 Å². The van der Waals surface area contributed by atoms with Crippen molar-refractivity contribution in [2.75, 3.05) is 20.2 Å². The third-order valence-corrected chi connectivity index (χ3v) is 7.48. The minimum absolute atomic E-state index is 0. The van der Waals surface area contributed by atoms with Crippen LogP contribution in [0.3, 0.4) is 0 Å². The average Bonchev–Trinajstić information content (AvgIpc) is 3.29. The van der Waals surface area contributed by atoms with Crippen LogP contribution in [0.5, 0.6) is 0 Å². The van der Waals surface area contributed by atoms with Gasteiger partial charge >= 0.3 is 0 Å². The van der Waals surface area contributed by atoms with Crippen molar-refractivity contribution in [3.63, 3.8) is 0 Å². The Bertz CT molecular complexity index is 820. The molecule has 2 heterocycles. The molecule has 156 valence electrons. The number of nitrogens with one attached hydrogen (secondary N) is 1. The summed E-state index contributed by atoms with van der Waals surface area (Å²) in [5.74, 6) is 0. The lowest BCUT2D eigenvalue weighted by molar-refractivity contribution is -0.0201. The molecule has 0 bridgehead atoms. The molecular weight excluding hydrogens is 424 g/mol. The lowest BCUT2D eigenvalue weighted by Gasteiger charge is -2.30. The number of rotatable bonds is 8. The molecule has 0 radical (unpaired) electrons. The lowest BCUT2D eigenvalue weighted by atomic mass is 10.0. The quantitative estimate of drug-likeness (QED) is 0.558. The van der Waals surface area contributed by atoms with Crippen LogP contribution in [0.1, 0.15) is 5.56 Å². The van der Waals surface area contributed by atoms with Crippen molar-refractivity contribution in [2.24, 2.45) is 0 Å². The van der Waals surface area contributed by atoms with E-state index in [1.54, 1.807) is 11.4 Å². The molecule has 2 aromatic rings. The number of nitrogens with zero attached hydrogens (tertiary/aromatic N) is 1. The summed E-state index contributed by atoms with van der Waals surface area (Å²) in [6.07, 6.45) is -2.25. The van der Waals surface area contributed by atoms with E-state index in [1.807, 2.05) is 42.3 Å².